The van der Waals surface area contributed by atoms with Crippen LogP contribution in [0.2, 0.25) is 0 Å². The van der Waals surface area contributed by atoms with E-state index in [0.717, 1.165) is 30.0 Å². The molecule has 112 valence electrons. The second kappa shape index (κ2) is 6.85. The Labute approximate surface area is 132 Å². The minimum atomic E-state index is -0.328. The van der Waals surface area contributed by atoms with Crippen molar-refractivity contribution in [2.45, 2.75) is 26.7 Å². The number of hydrogen-bond donors (Lipinski definition) is 2. The lowest BCUT2D eigenvalue weighted by atomic mass is 10.2. The highest BCUT2D eigenvalue weighted by atomic mass is 79.9. The molecule has 0 amide bonds. The molecule has 1 aromatic heterocycles. The van der Waals surface area contributed by atoms with Gasteiger partial charge in [0, 0.05) is 23.5 Å². The van der Waals surface area contributed by atoms with Crippen LogP contribution in [0.15, 0.2) is 22.7 Å². The van der Waals surface area contributed by atoms with Crippen molar-refractivity contribution in [1.82, 2.24) is 9.97 Å². The highest BCUT2D eigenvalue weighted by Crippen LogP contribution is 2.30. The van der Waals surface area contributed by atoms with Crippen molar-refractivity contribution < 1.29 is 4.39 Å². The number of anilines is 3. The molecule has 2 rings (SSSR count). The van der Waals surface area contributed by atoms with Gasteiger partial charge in [-0.05, 0) is 41.4 Å². The molecule has 0 unspecified atom stereocenters. The van der Waals surface area contributed by atoms with E-state index in [0.29, 0.717) is 16.0 Å². The molecule has 4 nitrogen and oxygen atoms in total. The summed E-state index contributed by atoms with van der Waals surface area (Å²) in [4.78, 5) is 8.96. The van der Waals surface area contributed by atoms with Gasteiger partial charge in [0.15, 0.2) is 0 Å². The smallest absolute Gasteiger partial charge is 0.147 e. The summed E-state index contributed by atoms with van der Waals surface area (Å²) in [7, 11) is 1.81. The van der Waals surface area contributed by atoms with Gasteiger partial charge in [-0.2, -0.15) is 0 Å². The number of para-hydroxylation sites is 1. The highest BCUT2D eigenvalue weighted by molar-refractivity contribution is 9.10. The Kier molecular flexibility index (Phi) is 5.12. The van der Waals surface area contributed by atoms with E-state index in [-0.39, 0.29) is 5.82 Å². The second-order valence-electron chi connectivity index (χ2n) is 4.68. The van der Waals surface area contributed by atoms with E-state index in [1.165, 1.54) is 6.07 Å². The Hall–Kier alpha value is -1.69. The molecule has 0 bridgehead atoms. The molecule has 0 spiro atoms. The van der Waals surface area contributed by atoms with E-state index in [4.69, 9.17) is 0 Å². The minimum Gasteiger partial charge on any atom is -0.373 e. The van der Waals surface area contributed by atoms with Crippen LogP contribution in [0.3, 0.4) is 0 Å². The first-order chi connectivity index (χ1) is 10.1. The summed E-state index contributed by atoms with van der Waals surface area (Å²) in [6.07, 6.45) is 1.73. The zero-order chi connectivity index (χ0) is 15.4. The zero-order valence-corrected chi connectivity index (χ0v) is 13.9. The van der Waals surface area contributed by atoms with Gasteiger partial charge < -0.3 is 10.6 Å². The molecule has 0 aliphatic carbocycles. The standard InChI is InChI=1S/C15H18BrFN4/c1-4-6-12-19-14(18-3)9(2)15(20-12)21-13-10(16)7-5-8-11(13)17/h5,7-8H,4,6H2,1-3H3,(H2,18,19,20,21). The molecule has 2 N–H and O–H groups in total. The van der Waals surface area contributed by atoms with Gasteiger partial charge in [-0.1, -0.05) is 13.0 Å². The summed E-state index contributed by atoms with van der Waals surface area (Å²) in [5, 5.41) is 6.12. The van der Waals surface area contributed by atoms with E-state index in [2.05, 4.69) is 43.5 Å². The van der Waals surface area contributed by atoms with Crippen LogP contribution in [0.1, 0.15) is 24.7 Å². The molecule has 21 heavy (non-hydrogen) atoms. The van der Waals surface area contributed by atoms with Crippen LogP contribution in [0, 0.1) is 12.7 Å². The molecule has 0 radical (unpaired) electrons. The van der Waals surface area contributed by atoms with Crippen LogP contribution in [-0.4, -0.2) is 17.0 Å². The number of halogens is 2. The van der Waals surface area contributed by atoms with E-state index in [9.17, 15) is 4.39 Å². The molecule has 2 aromatic rings. The number of benzene rings is 1. The fourth-order valence-electron chi connectivity index (χ4n) is 2.00. The van der Waals surface area contributed by atoms with Crippen LogP contribution in [0.25, 0.3) is 0 Å². The van der Waals surface area contributed by atoms with Gasteiger partial charge in [0.2, 0.25) is 0 Å². The lowest BCUT2D eigenvalue weighted by molar-refractivity contribution is 0.631. The predicted molar refractivity (Wildman–Crippen MR) is 87.7 cm³/mol. The van der Waals surface area contributed by atoms with Crippen molar-refractivity contribution >= 4 is 33.3 Å². The maximum atomic E-state index is 13.9. The first-order valence-electron chi connectivity index (χ1n) is 6.83. The van der Waals surface area contributed by atoms with E-state index >= 15 is 0 Å². The topological polar surface area (TPSA) is 49.8 Å². The van der Waals surface area contributed by atoms with Crippen LogP contribution < -0.4 is 10.6 Å². The third kappa shape index (κ3) is 3.50. The Bertz CT molecular complexity index is 626. The molecule has 6 heteroatoms. The number of nitrogens with one attached hydrogen (secondary N) is 2. The molecule has 1 aromatic carbocycles. The summed E-state index contributed by atoms with van der Waals surface area (Å²) in [6.45, 7) is 3.97. The Morgan fingerprint density at radius 1 is 1.24 bits per heavy atom. The van der Waals surface area contributed by atoms with Crippen molar-refractivity contribution in [2.24, 2.45) is 0 Å². The summed E-state index contributed by atoms with van der Waals surface area (Å²) in [6, 6.07) is 4.85. The van der Waals surface area contributed by atoms with Gasteiger partial charge >= 0.3 is 0 Å². The highest BCUT2D eigenvalue weighted by Gasteiger charge is 2.13. The molecule has 1 heterocycles. The van der Waals surface area contributed by atoms with E-state index < -0.39 is 0 Å². The average Bonchev–Trinajstić information content (AvgIpc) is 2.46. The van der Waals surface area contributed by atoms with Crippen molar-refractivity contribution in [3.05, 3.63) is 39.9 Å². The van der Waals surface area contributed by atoms with Crippen LogP contribution in [0.4, 0.5) is 21.7 Å². The van der Waals surface area contributed by atoms with Crippen molar-refractivity contribution in [2.75, 3.05) is 17.7 Å². The largest absolute Gasteiger partial charge is 0.373 e. The zero-order valence-electron chi connectivity index (χ0n) is 12.3. The van der Waals surface area contributed by atoms with Gasteiger partial charge in [-0.25, -0.2) is 14.4 Å². The fraction of sp³-hybridized carbons (Fsp3) is 0.333. The Morgan fingerprint density at radius 2 is 1.95 bits per heavy atom. The maximum absolute atomic E-state index is 13.9. The average molecular weight is 353 g/mol. The number of nitrogens with zero attached hydrogens (tertiary/aromatic N) is 2. The van der Waals surface area contributed by atoms with Crippen LogP contribution in [0.5, 0.6) is 0 Å². The monoisotopic (exact) mass is 352 g/mol. The molecule has 0 aliphatic rings. The normalized spacial score (nSPS) is 10.5. The van der Waals surface area contributed by atoms with Gasteiger partial charge in [0.25, 0.3) is 0 Å². The molecule has 0 atom stereocenters. The molecular formula is C15H18BrFN4. The van der Waals surface area contributed by atoms with Crippen LogP contribution >= 0.6 is 15.9 Å². The Balaban J connectivity index is 2.45. The molecule has 0 aliphatic heterocycles. The predicted octanol–water partition coefficient (Wildman–Crippen LogP) is 4.42. The van der Waals surface area contributed by atoms with E-state index in [1.54, 1.807) is 12.1 Å². The van der Waals surface area contributed by atoms with Crippen molar-refractivity contribution in [3.8, 4) is 0 Å². The maximum Gasteiger partial charge on any atom is 0.147 e. The van der Waals surface area contributed by atoms with Gasteiger partial charge in [-0.15, -0.1) is 0 Å². The number of aryl methyl sites for hydroxylation is 1. The van der Waals surface area contributed by atoms with Crippen LogP contribution in [-0.2, 0) is 6.42 Å². The van der Waals surface area contributed by atoms with Gasteiger partial charge in [0.1, 0.15) is 23.3 Å². The third-order valence-corrected chi connectivity index (χ3v) is 3.77. The summed E-state index contributed by atoms with van der Waals surface area (Å²) >= 11 is 3.35. The fourth-order valence-corrected chi connectivity index (χ4v) is 2.44. The lowest BCUT2D eigenvalue weighted by Gasteiger charge is -2.15. The van der Waals surface area contributed by atoms with Gasteiger partial charge in [0.05, 0.1) is 5.69 Å². The Morgan fingerprint density at radius 3 is 2.57 bits per heavy atom. The number of rotatable bonds is 5. The first-order valence-corrected chi connectivity index (χ1v) is 7.62. The molecule has 0 saturated carbocycles. The second-order valence-corrected chi connectivity index (χ2v) is 5.54. The van der Waals surface area contributed by atoms with E-state index in [1.807, 2.05) is 14.0 Å². The first kappa shape index (κ1) is 15.7. The molecule has 0 fully saturated rings. The third-order valence-electron chi connectivity index (χ3n) is 3.11. The minimum absolute atomic E-state index is 0.328. The number of aromatic nitrogens is 2. The summed E-state index contributed by atoms with van der Waals surface area (Å²) < 4.78 is 14.6. The summed E-state index contributed by atoms with van der Waals surface area (Å²) in [5.41, 5.74) is 1.23. The quantitative estimate of drug-likeness (QED) is 0.835. The van der Waals surface area contributed by atoms with Crippen molar-refractivity contribution in [1.29, 1.82) is 0 Å². The van der Waals surface area contributed by atoms with Crippen molar-refractivity contribution in [3.63, 3.8) is 0 Å². The molecular weight excluding hydrogens is 335 g/mol. The SMILES string of the molecule is CCCc1nc(NC)c(C)c(Nc2c(F)cccc2Br)n1. The summed E-state index contributed by atoms with van der Waals surface area (Å²) in [5.74, 6) is 1.78. The molecule has 0 saturated heterocycles. The van der Waals surface area contributed by atoms with Gasteiger partial charge in [-0.3, -0.25) is 0 Å². The number of hydrogen-bond acceptors (Lipinski definition) is 4. The lowest BCUT2D eigenvalue weighted by Crippen LogP contribution is -2.08.